The third kappa shape index (κ3) is 5.76. The quantitative estimate of drug-likeness (QED) is 0.564. The number of aliphatic hydroxyl groups is 1. The number of nitrogens with zero attached hydrogens (tertiary/aromatic N) is 1. The van der Waals surface area contributed by atoms with Gasteiger partial charge in [0.15, 0.2) is 0 Å². The van der Waals surface area contributed by atoms with Gasteiger partial charge < -0.3 is 19.3 Å². The van der Waals surface area contributed by atoms with E-state index in [2.05, 4.69) is 10.6 Å². The molecule has 1 unspecified atom stereocenters. The molecular formula is C23H28FN2O2+. The molecule has 0 fully saturated rings. The second kappa shape index (κ2) is 10.2. The van der Waals surface area contributed by atoms with Crippen molar-refractivity contribution < 1.29 is 19.1 Å². The average molecular weight is 383 g/mol. The average Bonchev–Trinajstić information content (AvgIpc) is 3.13. The molecule has 2 N–H and O–H groups in total. The van der Waals surface area contributed by atoms with E-state index in [9.17, 15) is 9.50 Å². The van der Waals surface area contributed by atoms with Crippen LogP contribution >= 0.6 is 0 Å². The Balaban J connectivity index is 1.70. The molecule has 0 radical (unpaired) electrons. The lowest BCUT2D eigenvalue weighted by Crippen LogP contribution is -3.11. The number of methoxy groups -OCH3 is 1. The number of hydrogen-bond donors (Lipinski definition) is 2. The molecule has 0 amide bonds. The number of ether oxygens (including phenoxy) is 1. The van der Waals surface area contributed by atoms with Crippen LogP contribution in [-0.4, -0.2) is 36.5 Å². The van der Waals surface area contributed by atoms with Gasteiger partial charge >= 0.3 is 0 Å². The summed E-state index contributed by atoms with van der Waals surface area (Å²) in [5.41, 5.74) is 3.00. The standard InChI is InChI=1S/C23H27FN2O2/c1-28-14-13-25(18-23(27)20-8-3-2-4-9-20)17-22-11-6-12-26(22)16-19-7-5-10-21(24)15-19/h2-12,15,23,27H,13-14,16-18H2,1H3/p+1/t23-/m0/s1. The number of aromatic nitrogens is 1. The maximum absolute atomic E-state index is 13.5. The van der Waals surface area contributed by atoms with Crippen molar-refractivity contribution in [3.8, 4) is 0 Å². The van der Waals surface area contributed by atoms with Crippen LogP contribution in [0.1, 0.15) is 22.9 Å². The van der Waals surface area contributed by atoms with Crippen LogP contribution in [0.2, 0.25) is 0 Å². The van der Waals surface area contributed by atoms with Crippen molar-refractivity contribution in [2.24, 2.45) is 0 Å². The van der Waals surface area contributed by atoms with Crippen molar-refractivity contribution >= 4 is 0 Å². The summed E-state index contributed by atoms with van der Waals surface area (Å²) in [6.45, 7) is 3.40. The minimum atomic E-state index is -0.528. The Hall–Kier alpha value is -2.47. The van der Waals surface area contributed by atoms with Crippen LogP contribution in [0, 0.1) is 5.82 Å². The molecule has 3 aromatic rings. The number of hydrogen-bond acceptors (Lipinski definition) is 2. The lowest BCUT2D eigenvalue weighted by molar-refractivity contribution is -0.918. The van der Waals surface area contributed by atoms with Crippen molar-refractivity contribution in [3.05, 3.63) is 95.6 Å². The van der Waals surface area contributed by atoms with Crippen molar-refractivity contribution in [2.45, 2.75) is 19.2 Å². The van der Waals surface area contributed by atoms with Crippen molar-refractivity contribution in [2.75, 3.05) is 26.8 Å². The highest BCUT2D eigenvalue weighted by atomic mass is 19.1. The highest BCUT2D eigenvalue weighted by molar-refractivity contribution is 5.19. The first-order valence-electron chi connectivity index (χ1n) is 9.59. The van der Waals surface area contributed by atoms with Gasteiger partial charge in [-0.15, -0.1) is 0 Å². The number of quaternary nitrogens is 1. The molecule has 4 nitrogen and oxygen atoms in total. The number of halogens is 1. The van der Waals surface area contributed by atoms with Gasteiger partial charge in [0.05, 0.1) is 12.3 Å². The molecule has 1 aromatic heterocycles. The summed E-state index contributed by atoms with van der Waals surface area (Å²) in [7, 11) is 1.69. The summed E-state index contributed by atoms with van der Waals surface area (Å²) < 4.78 is 20.9. The lowest BCUT2D eigenvalue weighted by Gasteiger charge is -2.23. The van der Waals surface area contributed by atoms with Crippen LogP contribution in [0.5, 0.6) is 0 Å². The fourth-order valence-corrected chi connectivity index (χ4v) is 3.43. The van der Waals surface area contributed by atoms with Crippen LogP contribution in [0.15, 0.2) is 72.9 Å². The number of rotatable bonds is 10. The van der Waals surface area contributed by atoms with Crippen LogP contribution in [0.25, 0.3) is 0 Å². The molecule has 0 bridgehead atoms. The van der Waals surface area contributed by atoms with E-state index in [0.717, 1.165) is 29.9 Å². The Labute approximate surface area is 165 Å². The van der Waals surface area contributed by atoms with Gasteiger partial charge in [-0.1, -0.05) is 42.5 Å². The minimum Gasteiger partial charge on any atom is -0.382 e. The van der Waals surface area contributed by atoms with E-state index in [1.165, 1.54) is 11.0 Å². The zero-order valence-corrected chi connectivity index (χ0v) is 16.2. The van der Waals surface area contributed by atoms with Gasteiger partial charge in [-0.05, 0) is 35.4 Å². The normalized spacial score (nSPS) is 13.4. The molecule has 0 saturated heterocycles. The number of nitrogens with one attached hydrogen (secondary N) is 1. The van der Waals surface area contributed by atoms with E-state index in [-0.39, 0.29) is 5.82 Å². The Bertz CT molecular complexity index is 851. The molecule has 2 aromatic carbocycles. The maximum Gasteiger partial charge on any atom is 0.128 e. The molecule has 0 spiro atoms. The second-order valence-electron chi connectivity index (χ2n) is 7.06. The molecule has 2 atom stereocenters. The molecule has 3 rings (SSSR count). The molecule has 1 heterocycles. The predicted molar refractivity (Wildman–Crippen MR) is 108 cm³/mol. The summed E-state index contributed by atoms with van der Waals surface area (Å²) in [4.78, 5) is 1.23. The van der Waals surface area contributed by atoms with Gasteiger partial charge in [0.1, 0.15) is 31.6 Å². The Morgan fingerprint density at radius 1 is 1.07 bits per heavy atom. The minimum absolute atomic E-state index is 0.218. The summed E-state index contributed by atoms with van der Waals surface area (Å²) in [5.74, 6) is -0.218. The van der Waals surface area contributed by atoms with Gasteiger partial charge in [0.25, 0.3) is 0 Å². The molecule has 0 aliphatic carbocycles. The highest BCUT2D eigenvalue weighted by Crippen LogP contribution is 2.11. The summed E-state index contributed by atoms with van der Waals surface area (Å²) in [5, 5.41) is 10.6. The molecule has 5 heteroatoms. The summed E-state index contributed by atoms with van der Waals surface area (Å²) in [6, 6.07) is 20.5. The van der Waals surface area contributed by atoms with E-state index < -0.39 is 6.10 Å². The zero-order valence-electron chi connectivity index (χ0n) is 16.2. The van der Waals surface area contributed by atoms with Gasteiger partial charge in [0.2, 0.25) is 0 Å². The number of aliphatic hydroxyl groups excluding tert-OH is 1. The molecule has 0 aliphatic rings. The van der Waals surface area contributed by atoms with E-state index >= 15 is 0 Å². The Morgan fingerprint density at radius 2 is 1.89 bits per heavy atom. The number of benzene rings is 2. The molecule has 148 valence electrons. The van der Waals surface area contributed by atoms with Gasteiger partial charge in [-0.3, -0.25) is 0 Å². The first-order chi connectivity index (χ1) is 13.7. The van der Waals surface area contributed by atoms with Gasteiger partial charge in [-0.2, -0.15) is 0 Å². The van der Waals surface area contributed by atoms with Crippen LogP contribution < -0.4 is 4.90 Å². The largest absolute Gasteiger partial charge is 0.382 e. The SMILES string of the molecule is COCC[NH+](Cc1cccn1Cc1cccc(F)c1)C[C@H](O)c1ccccc1. The van der Waals surface area contributed by atoms with Crippen LogP contribution in [-0.2, 0) is 17.8 Å². The topological polar surface area (TPSA) is 38.8 Å². The molecule has 0 aliphatic heterocycles. The van der Waals surface area contributed by atoms with Crippen LogP contribution in [0.4, 0.5) is 4.39 Å². The second-order valence-corrected chi connectivity index (χ2v) is 7.06. The molecule has 0 saturated carbocycles. The lowest BCUT2D eigenvalue weighted by atomic mass is 10.1. The Morgan fingerprint density at radius 3 is 2.64 bits per heavy atom. The monoisotopic (exact) mass is 383 g/mol. The van der Waals surface area contributed by atoms with E-state index in [1.54, 1.807) is 19.2 Å². The highest BCUT2D eigenvalue weighted by Gasteiger charge is 2.18. The maximum atomic E-state index is 13.5. The van der Waals surface area contributed by atoms with Crippen molar-refractivity contribution in [3.63, 3.8) is 0 Å². The first kappa shape index (κ1) is 20.3. The third-order valence-corrected chi connectivity index (χ3v) is 4.92. The van der Waals surface area contributed by atoms with Gasteiger partial charge in [-0.25, -0.2) is 4.39 Å². The molecule has 28 heavy (non-hydrogen) atoms. The van der Waals surface area contributed by atoms with Crippen molar-refractivity contribution in [1.82, 2.24) is 4.57 Å². The van der Waals surface area contributed by atoms with E-state index in [0.29, 0.717) is 19.7 Å². The van der Waals surface area contributed by atoms with Crippen LogP contribution in [0.3, 0.4) is 0 Å². The smallest absolute Gasteiger partial charge is 0.128 e. The van der Waals surface area contributed by atoms with E-state index in [1.807, 2.05) is 48.7 Å². The molecular weight excluding hydrogens is 355 g/mol. The summed E-state index contributed by atoms with van der Waals surface area (Å²) >= 11 is 0. The predicted octanol–water partition coefficient (Wildman–Crippen LogP) is 2.44. The summed E-state index contributed by atoms with van der Waals surface area (Å²) in [6.07, 6.45) is 1.49. The fourth-order valence-electron chi connectivity index (χ4n) is 3.43. The first-order valence-corrected chi connectivity index (χ1v) is 9.59. The fraction of sp³-hybridized carbons (Fsp3) is 0.304. The third-order valence-electron chi connectivity index (χ3n) is 4.92. The van der Waals surface area contributed by atoms with Gasteiger partial charge in [0, 0.05) is 19.9 Å². The van der Waals surface area contributed by atoms with E-state index in [4.69, 9.17) is 4.74 Å². The Kier molecular flexibility index (Phi) is 7.37. The van der Waals surface area contributed by atoms with Crippen molar-refractivity contribution in [1.29, 1.82) is 0 Å². The zero-order chi connectivity index (χ0) is 19.8.